The zero-order valence-electron chi connectivity index (χ0n) is 11.3. The zero-order chi connectivity index (χ0) is 12.1. The van der Waals surface area contributed by atoms with E-state index in [4.69, 9.17) is 10.5 Å². The molecule has 2 atom stereocenters. The van der Waals surface area contributed by atoms with E-state index in [1.165, 1.54) is 45.2 Å². The average molecular weight is 240 g/mol. The van der Waals surface area contributed by atoms with Crippen LogP contribution in [0.2, 0.25) is 0 Å². The smallest absolute Gasteiger partial charge is 0.0546 e. The first-order valence-corrected chi connectivity index (χ1v) is 7.28. The number of nitrogens with two attached hydrogens (primary N) is 1. The summed E-state index contributed by atoms with van der Waals surface area (Å²) in [6, 6.07) is 0. The van der Waals surface area contributed by atoms with Crippen LogP contribution in [0.3, 0.4) is 0 Å². The van der Waals surface area contributed by atoms with Crippen molar-refractivity contribution in [2.75, 3.05) is 39.4 Å². The molecule has 2 aliphatic rings. The number of nitrogens with zero attached hydrogens (tertiary/aromatic N) is 1. The highest BCUT2D eigenvalue weighted by atomic mass is 16.5. The Bertz CT molecular complexity index is 226. The van der Waals surface area contributed by atoms with E-state index in [-0.39, 0.29) is 5.41 Å². The molecule has 17 heavy (non-hydrogen) atoms. The fourth-order valence-electron chi connectivity index (χ4n) is 3.36. The van der Waals surface area contributed by atoms with Crippen molar-refractivity contribution in [1.82, 2.24) is 4.90 Å². The molecular weight excluding hydrogens is 212 g/mol. The van der Waals surface area contributed by atoms with Crippen LogP contribution in [0.25, 0.3) is 0 Å². The van der Waals surface area contributed by atoms with Crippen LogP contribution in [-0.2, 0) is 4.74 Å². The topological polar surface area (TPSA) is 38.5 Å². The van der Waals surface area contributed by atoms with Crippen molar-refractivity contribution in [3.05, 3.63) is 0 Å². The van der Waals surface area contributed by atoms with Crippen LogP contribution in [0.15, 0.2) is 0 Å². The van der Waals surface area contributed by atoms with Crippen molar-refractivity contribution < 1.29 is 4.74 Å². The van der Waals surface area contributed by atoms with E-state index in [0.29, 0.717) is 0 Å². The molecule has 0 radical (unpaired) electrons. The first-order chi connectivity index (χ1) is 8.28. The number of hydrogen-bond donors (Lipinski definition) is 1. The van der Waals surface area contributed by atoms with Crippen LogP contribution >= 0.6 is 0 Å². The summed E-state index contributed by atoms with van der Waals surface area (Å²) >= 11 is 0. The predicted octanol–water partition coefficient (Wildman–Crippen LogP) is 1.86. The van der Waals surface area contributed by atoms with Crippen LogP contribution in [0.1, 0.15) is 39.0 Å². The van der Waals surface area contributed by atoms with Gasteiger partial charge in [0.2, 0.25) is 0 Å². The third-order valence-electron chi connectivity index (χ3n) is 4.58. The summed E-state index contributed by atoms with van der Waals surface area (Å²) < 4.78 is 5.66. The maximum absolute atomic E-state index is 6.02. The Balaban J connectivity index is 1.88. The first kappa shape index (κ1) is 13.3. The highest BCUT2D eigenvalue weighted by Crippen LogP contribution is 2.30. The summed E-state index contributed by atoms with van der Waals surface area (Å²) in [4.78, 5) is 2.64. The average Bonchev–Trinajstić information content (AvgIpc) is 2.40. The van der Waals surface area contributed by atoms with Gasteiger partial charge in [0.05, 0.1) is 6.61 Å². The molecule has 3 heteroatoms. The van der Waals surface area contributed by atoms with Gasteiger partial charge in [-0.05, 0) is 38.1 Å². The zero-order valence-corrected chi connectivity index (χ0v) is 11.3. The van der Waals surface area contributed by atoms with Crippen LogP contribution in [0.4, 0.5) is 0 Å². The minimum Gasteiger partial charge on any atom is -0.381 e. The van der Waals surface area contributed by atoms with Crippen molar-refractivity contribution in [1.29, 1.82) is 0 Å². The Morgan fingerprint density at radius 2 is 2.29 bits per heavy atom. The summed E-state index contributed by atoms with van der Waals surface area (Å²) in [6.07, 6.45) is 6.53. The molecule has 2 N–H and O–H groups in total. The Morgan fingerprint density at radius 1 is 1.41 bits per heavy atom. The van der Waals surface area contributed by atoms with Gasteiger partial charge in [0.25, 0.3) is 0 Å². The van der Waals surface area contributed by atoms with E-state index < -0.39 is 0 Å². The monoisotopic (exact) mass is 240 g/mol. The van der Waals surface area contributed by atoms with Gasteiger partial charge >= 0.3 is 0 Å². The van der Waals surface area contributed by atoms with Gasteiger partial charge in [0.15, 0.2) is 0 Å². The van der Waals surface area contributed by atoms with Crippen LogP contribution in [0, 0.1) is 11.3 Å². The number of likely N-dealkylation sites (tertiary alicyclic amines) is 1. The molecule has 2 heterocycles. The molecule has 2 unspecified atom stereocenters. The van der Waals surface area contributed by atoms with Gasteiger partial charge < -0.3 is 15.4 Å². The maximum Gasteiger partial charge on any atom is 0.0546 e. The molecule has 0 aromatic carbocycles. The number of ether oxygens (including phenoxy) is 1. The summed E-state index contributed by atoms with van der Waals surface area (Å²) in [5.41, 5.74) is 6.26. The quantitative estimate of drug-likeness (QED) is 0.815. The lowest BCUT2D eigenvalue weighted by Gasteiger charge is -2.42. The second-order valence-corrected chi connectivity index (χ2v) is 6.01. The molecule has 2 rings (SSSR count). The molecule has 0 saturated carbocycles. The first-order valence-electron chi connectivity index (χ1n) is 7.28. The lowest BCUT2D eigenvalue weighted by atomic mass is 9.81. The fraction of sp³-hybridized carbons (Fsp3) is 1.00. The Kier molecular flexibility index (Phi) is 4.83. The SMILES string of the molecule is CCC1CCCN(CC2(CN)CCCOC2)C1. The normalized spacial score (nSPS) is 36.0. The van der Waals surface area contributed by atoms with Gasteiger partial charge in [0, 0.05) is 31.7 Å². The van der Waals surface area contributed by atoms with Gasteiger partial charge in [-0.15, -0.1) is 0 Å². The second-order valence-electron chi connectivity index (χ2n) is 6.01. The minimum atomic E-state index is 0.244. The molecule has 0 bridgehead atoms. The van der Waals surface area contributed by atoms with Crippen molar-refractivity contribution in [2.24, 2.45) is 17.1 Å². The van der Waals surface area contributed by atoms with Crippen molar-refractivity contribution in [3.8, 4) is 0 Å². The lowest BCUT2D eigenvalue weighted by molar-refractivity contribution is -0.0278. The molecule has 0 spiro atoms. The van der Waals surface area contributed by atoms with E-state index in [9.17, 15) is 0 Å². The largest absolute Gasteiger partial charge is 0.381 e. The van der Waals surface area contributed by atoms with Gasteiger partial charge in [-0.3, -0.25) is 0 Å². The summed E-state index contributed by atoms with van der Waals surface area (Å²) in [5.74, 6) is 0.906. The molecule has 0 aromatic heterocycles. The van der Waals surface area contributed by atoms with E-state index >= 15 is 0 Å². The number of hydrogen-bond acceptors (Lipinski definition) is 3. The summed E-state index contributed by atoms with van der Waals surface area (Å²) in [5, 5.41) is 0. The second kappa shape index (κ2) is 6.17. The molecule has 0 aliphatic carbocycles. The molecule has 100 valence electrons. The maximum atomic E-state index is 6.02. The highest BCUT2D eigenvalue weighted by Gasteiger charge is 2.34. The van der Waals surface area contributed by atoms with E-state index in [2.05, 4.69) is 11.8 Å². The van der Waals surface area contributed by atoms with Crippen LogP contribution < -0.4 is 5.73 Å². The van der Waals surface area contributed by atoms with E-state index in [1.807, 2.05) is 0 Å². The molecule has 2 fully saturated rings. The molecule has 0 aromatic rings. The fourth-order valence-corrected chi connectivity index (χ4v) is 3.36. The summed E-state index contributed by atoms with van der Waals surface area (Å²) in [6.45, 7) is 8.59. The van der Waals surface area contributed by atoms with E-state index in [1.54, 1.807) is 0 Å². The number of rotatable bonds is 4. The lowest BCUT2D eigenvalue weighted by Crippen LogP contribution is -2.50. The molecule has 3 nitrogen and oxygen atoms in total. The van der Waals surface area contributed by atoms with Gasteiger partial charge in [-0.2, -0.15) is 0 Å². The Morgan fingerprint density at radius 3 is 2.94 bits per heavy atom. The molecular formula is C14H28N2O. The van der Waals surface area contributed by atoms with Crippen molar-refractivity contribution >= 4 is 0 Å². The molecule has 0 amide bonds. The van der Waals surface area contributed by atoms with Gasteiger partial charge in [-0.25, -0.2) is 0 Å². The molecule has 2 aliphatic heterocycles. The van der Waals surface area contributed by atoms with E-state index in [0.717, 1.165) is 32.2 Å². The Labute approximate surface area is 106 Å². The highest BCUT2D eigenvalue weighted by molar-refractivity contribution is 4.87. The predicted molar refractivity (Wildman–Crippen MR) is 71.0 cm³/mol. The van der Waals surface area contributed by atoms with Crippen molar-refractivity contribution in [2.45, 2.75) is 39.0 Å². The van der Waals surface area contributed by atoms with Crippen LogP contribution in [0.5, 0.6) is 0 Å². The standard InChI is InChI=1S/C14H28N2O/c1-2-13-5-3-7-16(9-13)11-14(10-15)6-4-8-17-12-14/h13H,2-12,15H2,1H3. The number of piperidine rings is 1. The third-order valence-corrected chi connectivity index (χ3v) is 4.58. The minimum absolute atomic E-state index is 0.244. The third kappa shape index (κ3) is 3.43. The molecule has 2 saturated heterocycles. The van der Waals surface area contributed by atoms with Gasteiger partial charge in [0.1, 0.15) is 0 Å². The summed E-state index contributed by atoms with van der Waals surface area (Å²) in [7, 11) is 0. The van der Waals surface area contributed by atoms with Gasteiger partial charge in [-0.1, -0.05) is 13.3 Å². The Hall–Kier alpha value is -0.120. The van der Waals surface area contributed by atoms with Crippen molar-refractivity contribution in [3.63, 3.8) is 0 Å². The van der Waals surface area contributed by atoms with Crippen LogP contribution in [-0.4, -0.2) is 44.3 Å².